The van der Waals surface area contributed by atoms with Crippen LogP contribution in [-0.4, -0.2) is 52.6 Å². The minimum absolute atomic E-state index is 0.283. The SMILES string of the molecule is Cc1nc(Nc2ncccc2C)cc([C@H]2CCCN2S(=O)(=O)N(C)C)n1. The van der Waals surface area contributed by atoms with Gasteiger partial charge in [-0.25, -0.2) is 15.0 Å². The maximum atomic E-state index is 12.6. The van der Waals surface area contributed by atoms with Gasteiger partial charge in [0.15, 0.2) is 0 Å². The van der Waals surface area contributed by atoms with Crippen LogP contribution in [0, 0.1) is 13.8 Å². The largest absolute Gasteiger partial charge is 0.325 e. The molecule has 9 heteroatoms. The predicted molar refractivity (Wildman–Crippen MR) is 100 cm³/mol. The van der Waals surface area contributed by atoms with Crippen LogP contribution in [0.3, 0.4) is 0 Å². The smallest absolute Gasteiger partial charge is 0.282 e. The summed E-state index contributed by atoms with van der Waals surface area (Å²) in [6.45, 7) is 4.27. The average molecular weight is 376 g/mol. The molecular weight excluding hydrogens is 352 g/mol. The van der Waals surface area contributed by atoms with Crippen LogP contribution < -0.4 is 5.32 Å². The maximum Gasteiger partial charge on any atom is 0.282 e. The molecule has 8 nitrogen and oxygen atoms in total. The van der Waals surface area contributed by atoms with Crippen LogP contribution in [0.15, 0.2) is 24.4 Å². The molecule has 1 aliphatic rings. The van der Waals surface area contributed by atoms with Gasteiger partial charge in [-0.15, -0.1) is 0 Å². The molecule has 0 amide bonds. The van der Waals surface area contributed by atoms with E-state index in [-0.39, 0.29) is 6.04 Å². The maximum absolute atomic E-state index is 12.6. The molecule has 0 aromatic carbocycles. The molecule has 0 spiro atoms. The molecule has 140 valence electrons. The zero-order chi connectivity index (χ0) is 18.9. The van der Waals surface area contributed by atoms with Crippen molar-refractivity contribution in [2.24, 2.45) is 0 Å². The molecule has 1 N–H and O–H groups in total. The molecule has 3 heterocycles. The average Bonchev–Trinajstić information content (AvgIpc) is 3.07. The summed E-state index contributed by atoms with van der Waals surface area (Å²) in [5.74, 6) is 1.93. The van der Waals surface area contributed by atoms with Crippen molar-refractivity contribution >= 4 is 21.8 Å². The minimum atomic E-state index is -3.49. The molecule has 0 bridgehead atoms. The first-order chi connectivity index (χ1) is 12.3. The van der Waals surface area contributed by atoms with E-state index in [4.69, 9.17) is 0 Å². The molecule has 0 radical (unpaired) electrons. The first-order valence-corrected chi connectivity index (χ1v) is 9.92. The van der Waals surface area contributed by atoms with Gasteiger partial charge in [0.1, 0.15) is 17.5 Å². The topological polar surface area (TPSA) is 91.3 Å². The van der Waals surface area contributed by atoms with Gasteiger partial charge in [-0.2, -0.15) is 17.0 Å². The van der Waals surface area contributed by atoms with Crippen molar-refractivity contribution in [3.63, 3.8) is 0 Å². The van der Waals surface area contributed by atoms with E-state index >= 15 is 0 Å². The lowest BCUT2D eigenvalue weighted by molar-refractivity contribution is 0.357. The summed E-state index contributed by atoms with van der Waals surface area (Å²) in [7, 11) is -0.395. The van der Waals surface area contributed by atoms with E-state index in [1.165, 1.54) is 8.61 Å². The standard InChI is InChI=1S/C17H24N6O2S/c1-12-7-5-9-18-17(12)21-16-11-14(19-13(2)20-16)15-8-6-10-23(15)26(24,25)22(3)4/h5,7,9,11,15H,6,8,10H2,1-4H3,(H,18,19,20,21)/t15-/m1/s1. The van der Waals surface area contributed by atoms with E-state index in [9.17, 15) is 8.42 Å². The first-order valence-electron chi connectivity index (χ1n) is 8.52. The fourth-order valence-corrected chi connectivity index (χ4v) is 4.40. The Morgan fingerprint density at radius 3 is 2.73 bits per heavy atom. The molecule has 1 atom stereocenters. The fourth-order valence-electron chi connectivity index (χ4n) is 3.08. The van der Waals surface area contributed by atoms with Crippen molar-refractivity contribution in [2.45, 2.75) is 32.7 Å². The van der Waals surface area contributed by atoms with E-state index in [1.54, 1.807) is 27.2 Å². The number of aryl methyl sites for hydroxylation is 2. The van der Waals surface area contributed by atoms with Gasteiger partial charge in [-0.05, 0) is 38.3 Å². The van der Waals surface area contributed by atoms with Crippen LogP contribution in [0.25, 0.3) is 0 Å². The minimum Gasteiger partial charge on any atom is -0.325 e. The molecule has 0 aliphatic carbocycles. The zero-order valence-electron chi connectivity index (χ0n) is 15.5. The van der Waals surface area contributed by atoms with Gasteiger partial charge in [0, 0.05) is 32.9 Å². The van der Waals surface area contributed by atoms with Gasteiger partial charge in [-0.1, -0.05) is 6.07 Å². The van der Waals surface area contributed by atoms with Gasteiger partial charge in [0.25, 0.3) is 10.2 Å². The van der Waals surface area contributed by atoms with E-state index in [0.29, 0.717) is 23.9 Å². The third-order valence-corrected chi connectivity index (χ3v) is 6.37. The Morgan fingerprint density at radius 2 is 2.04 bits per heavy atom. The third kappa shape index (κ3) is 3.69. The van der Waals surface area contributed by atoms with Gasteiger partial charge >= 0.3 is 0 Å². The molecular formula is C17H24N6O2S. The summed E-state index contributed by atoms with van der Waals surface area (Å²) in [5.41, 5.74) is 1.71. The number of rotatable bonds is 5. The van der Waals surface area contributed by atoms with Crippen LogP contribution in [0.5, 0.6) is 0 Å². The van der Waals surface area contributed by atoms with Crippen LogP contribution in [0.4, 0.5) is 11.6 Å². The Hall–Kier alpha value is -2.10. The zero-order valence-corrected chi connectivity index (χ0v) is 16.3. The van der Waals surface area contributed by atoms with Crippen LogP contribution in [0.2, 0.25) is 0 Å². The number of nitrogens with zero attached hydrogens (tertiary/aromatic N) is 5. The summed E-state index contributed by atoms with van der Waals surface area (Å²) in [6.07, 6.45) is 3.27. The second-order valence-corrected chi connectivity index (χ2v) is 8.67. The van der Waals surface area contributed by atoms with Crippen molar-refractivity contribution in [1.29, 1.82) is 0 Å². The highest BCUT2D eigenvalue weighted by molar-refractivity contribution is 7.86. The van der Waals surface area contributed by atoms with Gasteiger partial charge in [0.2, 0.25) is 0 Å². The Kier molecular flexibility index (Phi) is 5.22. The van der Waals surface area contributed by atoms with Crippen molar-refractivity contribution in [3.05, 3.63) is 41.5 Å². The quantitative estimate of drug-likeness (QED) is 0.860. The van der Waals surface area contributed by atoms with E-state index < -0.39 is 10.2 Å². The molecule has 0 unspecified atom stereocenters. The summed E-state index contributed by atoms with van der Waals surface area (Å²) in [6, 6.07) is 5.37. The lowest BCUT2D eigenvalue weighted by atomic mass is 10.1. The Labute approximate surface area is 154 Å². The summed E-state index contributed by atoms with van der Waals surface area (Å²) in [5, 5.41) is 3.21. The number of aromatic nitrogens is 3. The van der Waals surface area contributed by atoms with Crippen LogP contribution >= 0.6 is 0 Å². The second-order valence-electron chi connectivity index (χ2n) is 6.58. The molecule has 2 aromatic heterocycles. The number of anilines is 2. The molecule has 1 saturated heterocycles. The number of hydrogen-bond acceptors (Lipinski definition) is 6. The third-order valence-electron chi connectivity index (χ3n) is 4.42. The Bertz CT molecular complexity index is 900. The van der Waals surface area contributed by atoms with Gasteiger partial charge < -0.3 is 5.32 Å². The summed E-state index contributed by atoms with van der Waals surface area (Å²) >= 11 is 0. The molecule has 1 aliphatic heterocycles. The van der Waals surface area contributed by atoms with Crippen molar-refractivity contribution in [3.8, 4) is 0 Å². The van der Waals surface area contributed by atoms with Crippen LogP contribution in [0.1, 0.15) is 36.0 Å². The lowest BCUT2D eigenvalue weighted by Gasteiger charge is -2.26. The summed E-state index contributed by atoms with van der Waals surface area (Å²) in [4.78, 5) is 13.3. The predicted octanol–water partition coefficient (Wildman–Crippen LogP) is 2.18. The van der Waals surface area contributed by atoms with Crippen LogP contribution in [-0.2, 0) is 10.2 Å². The molecule has 26 heavy (non-hydrogen) atoms. The Balaban J connectivity index is 1.94. The highest BCUT2D eigenvalue weighted by Crippen LogP contribution is 2.34. The number of hydrogen-bond donors (Lipinski definition) is 1. The lowest BCUT2D eigenvalue weighted by Crippen LogP contribution is -2.39. The van der Waals surface area contributed by atoms with E-state index in [0.717, 1.165) is 24.2 Å². The summed E-state index contributed by atoms with van der Waals surface area (Å²) < 4.78 is 28.0. The fraction of sp³-hybridized carbons (Fsp3) is 0.471. The highest BCUT2D eigenvalue weighted by atomic mass is 32.2. The number of pyridine rings is 1. The van der Waals surface area contributed by atoms with Crippen molar-refractivity contribution in [2.75, 3.05) is 26.0 Å². The van der Waals surface area contributed by atoms with Crippen molar-refractivity contribution < 1.29 is 8.42 Å². The molecule has 3 rings (SSSR count). The molecule has 2 aromatic rings. The first kappa shape index (κ1) is 18.7. The Morgan fingerprint density at radius 1 is 1.27 bits per heavy atom. The van der Waals surface area contributed by atoms with Gasteiger partial charge in [-0.3, -0.25) is 0 Å². The highest BCUT2D eigenvalue weighted by Gasteiger charge is 2.37. The normalized spacial score (nSPS) is 18.4. The van der Waals surface area contributed by atoms with E-state index in [1.807, 2.05) is 25.1 Å². The molecule has 1 fully saturated rings. The van der Waals surface area contributed by atoms with E-state index in [2.05, 4.69) is 20.3 Å². The molecule has 0 saturated carbocycles. The second kappa shape index (κ2) is 7.26. The van der Waals surface area contributed by atoms with Crippen molar-refractivity contribution in [1.82, 2.24) is 23.6 Å². The van der Waals surface area contributed by atoms with Gasteiger partial charge in [0.05, 0.1) is 11.7 Å². The number of nitrogens with one attached hydrogen (secondary N) is 1. The monoisotopic (exact) mass is 376 g/mol.